The summed E-state index contributed by atoms with van der Waals surface area (Å²) in [5.41, 5.74) is 3.15. The highest BCUT2D eigenvalue weighted by Gasteiger charge is 2.01. The Morgan fingerprint density at radius 2 is 2.67 bits per heavy atom. The lowest BCUT2D eigenvalue weighted by Gasteiger charge is -2.03. The summed E-state index contributed by atoms with van der Waals surface area (Å²) in [4.78, 5) is 0. The number of rotatable bonds is 0. The Kier molecular flexibility index (Phi) is 1.08. The molecule has 1 N–H and O–H groups in total. The lowest BCUT2D eigenvalue weighted by Crippen LogP contribution is -2.25. The van der Waals surface area contributed by atoms with Crippen molar-refractivity contribution in [1.29, 1.82) is 0 Å². The Morgan fingerprint density at radius 3 is 2.83 bits per heavy atom. The van der Waals surface area contributed by atoms with Crippen molar-refractivity contribution in [2.24, 2.45) is 0 Å². The summed E-state index contributed by atoms with van der Waals surface area (Å²) in [7, 11) is 2.06. The van der Waals surface area contributed by atoms with Gasteiger partial charge in [0.05, 0.1) is 0 Å². The first-order valence-corrected chi connectivity index (χ1v) is 2.34. The molecule has 2 heteroatoms. The number of nitrogens with one attached hydrogen (secondary N) is 1. The number of hydrogen-bond acceptors (Lipinski definition) is 2. The molecule has 0 aromatic rings. The van der Waals surface area contributed by atoms with E-state index in [9.17, 15) is 0 Å². The average molecular weight is 88.2 g/mol. The molecule has 6 heavy (non-hydrogen) atoms. The largest absolute Gasteiger partial charge is 0.255 e. The smallest absolute Gasteiger partial charge is 0.0140 e. The molecule has 0 bridgehead atoms. The Labute approximate surface area is 39.6 Å². The fourth-order valence-electron chi connectivity index (χ4n) is 0.665. The van der Waals surface area contributed by atoms with Crippen LogP contribution < -0.4 is 5.43 Å². The van der Waals surface area contributed by atoms with Gasteiger partial charge in [-0.3, -0.25) is 5.43 Å². The highest BCUT2D eigenvalue weighted by molar-refractivity contribution is 4.54. The van der Waals surface area contributed by atoms with E-state index in [4.69, 9.17) is 0 Å². The van der Waals surface area contributed by atoms with Crippen molar-refractivity contribution in [2.75, 3.05) is 20.1 Å². The summed E-state index contributed by atoms with van der Waals surface area (Å²) in [6.45, 7) is 2.37. The van der Waals surface area contributed by atoms with E-state index in [0.717, 1.165) is 6.54 Å². The molecule has 2 nitrogen and oxygen atoms in total. The molecule has 0 atom stereocenters. The second-order valence-corrected chi connectivity index (χ2v) is 1.68. The third kappa shape index (κ3) is 0.698. The Balaban J connectivity index is 0.000000360. The van der Waals surface area contributed by atoms with E-state index in [2.05, 4.69) is 17.5 Å². The highest BCUT2D eigenvalue weighted by Crippen LogP contribution is 1.88. The Bertz CT molecular complexity index is 43.0. The van der Waals surface area contributed by atoms with Crippen LogP contribution in [-0.2, 0) is 0 Å². The van der Waals surface area contributed by atoms with Crippen LogP contribution >= 0.6 is 0 Å². The van der Waals surface area contributed by atoms with Crippen LogP contribution in [0, 0.1) is 0 Å². The molecule has 0 aromatic carbocycles. The molecule has 38 valence electrons. The molecule has 0 spiro atoms. The predicted molar refractivity (Wildman–Crippen MR) is 27.4 cm³/mol. The van der Waals surface area contributed by atoms with Crippen molar-refractivity contribution >= 4 is 0 Å². The van der Waals surface area contributed by atoms with Crippen LogP contribution in [0.15, 0.2) is 0 Å². The Morgan fingerprint density at radius 1 is 1.83 bits per heavy atom. The van der Waals surface area contributed by atoms with Gasteiger partial charge in [0.15, 0.2) is 0 Å². The molecule has 1 saturated heterocycles. The first-order chi connectivity index (χ1) is 2.89. The van der Waals surface area contributed by atoms with Crippen LogP contribution in [0.2, 0.25) is 0 Å². The Hall–Kier alpha value is -0.0800. The minimum absolute atomic E-state index is 0. The van der Waals surface area contributed by atoms with Gasteiger partial charge < -0.3 is 0 Å². The van der Waals surface area contributed by atoms with E-state index in [-0.39, 0.29) is 1.43 Å². The van der Waals surface area contributed by atoms with E-state index in [1.807, 2.05) is 0 Å². The third-order valence-corrected chi connectivity index (χ3v) is 1.05. The topological polar surface area (TPSA) is 15.3 Å². The van der Waals surface area contributed by atoms with Gasteiger partial charge in [-0.15, -0.1) is 0 Å². The van der Waals surface area contributed by atoms with Gasteiger partial charge in [-0.25, -0.2) is 5.01 Å². The number of hydrogen-bond donors (Lipinski definition) is 1. The second kappa shape index (κ2) is 1.58. The summed E-state index contributed by atoms with van der Waals surface area (Å²) in [6, 6.07) is 0. The first-order valence-electron chi connectivity index (χ1n) is 2.34. The van der Waals surface area contributed by atoms with Gasteiger partial charge >= 0.3 is 0 Å². The standard InChI is InChI=1S/C4H10N2.H2/c1-6-4-2-3-5-6;/h5H,2-4H2,1H3;1H. The molecule has 0 radical (unpaired) electrons. The summed E-state index contributed by atoms with van der Waals surface area (Å²) >= 11 is 0. The van der Waals surface area contributed by atoms with Crippen LogP contribution in [0.3, 0.4) is 0 Å². The fraction of sp³-hybridized carbons (Fsp3) is 1.00. The average Bonchev–Trinajstić information content (AvgIpc) is 1.86. The molecular weight excluding hydrogens is 76.1 g/mol. The molecular formula is C4H12N2. The summed E-state index contributed by atoms with van der Waals surface area (Å²) < 4.78 is 0. The van der Waals surface area contributed by atoms with Crippen molar-refractivity contribution in [3.8, 4) is 0 Å². The highest BCUT2D eigenvalue weighted by atomic mass is 15.5. The SMILES string of the molecule is CN1CCCN1.[HH]. The van der Waals surface area contributed by atoms with Gasteiger partial charge in [0.1, 0.15) is 0 Å². The van der Waals surface area contributed by atoms with Crippen LogP contribution in [0.1, 0.15) is 7.85 Å². The molecule has 0 unspecified atom stereocenters. The summed E-state index contributed by atoms with van der Waals surface area (Å²) in [6.07, 6.45) is 1.30. The van der Waals surface area contributed by atoms with Gasteiger partial charge in [-0.05, 0) is 6.42 Å². The fourth-order valence-corrected chi connectivity index (χ4v) is 0.665. The molecule has 1 aliphatic heterocycles. The molecule has 0 aliphatic carbocycles. The number of nitrogens with zero attached hydrogens (tertiary/aromatic N) is 1. The van der Waals surface area contributed by atoms with Crippen molar-refractivity contribution in [2.45, 2.75) is 6.42 Å². The van der Waals surface area contributed by atoms with Gasteiger partial charge in [-0.2, -0.15) is 0 Å². The van der Waals surface area contributed by atoms with Crippen molar-refractivity contribution < 1.29 is 1.43 Å². The minimum Gasteiger partial charge on any atom is -0.255 e. The maximum absolute atomic E-state index is 3.15. The third-order valence-electron chi connectivity index (χ3n) is 1.05. The quantitative estimate of drug-likeness (QED) is 0.451. The molecule has 0 aromatic heterocycles. The van der Waals surface area contributed by atoms with Crippen LogP contribution in [0.4, 0.5) is 0 Å². The maximum Gasteiger partial charge on any atom is 0.0140 e. The normalized spacial score (nSPS) is 25.5. The zero-order valence-electron chi connectivity index (χ0n) is 4.07. The molecule has 0 amide bonds. The first kappa shape index (κ1) is 4.09. The number of hydrazine groups is 1. The van der Waals surface area contributed by atoms with E-state index < -0.39 is 0 Å². The zero-order valence-corrected chi connectivity index (χ0v) is 4.07. The van der Waals surface area contributed by atoms with Crippen molar-refractivity contribution in [3.63, 3.8) is 0 Å². The summed E-state index contributed by atoms with van der Waals surface area (Å²) in [5, 5.41) is 2.11. The van der Waals surface area contributed by atoms with Crippen molar-refractivity contribution in [3.05, 3.63) is 0 Å². The monoisotopic (exact) mass is 88.1 g/mol. The molecule has 1 fully saturated rings. The van der Waals surface area contributed by atoms with Crippen LogP contribution in [0.25, 0.3) is 0 Å². The van der Waals surface area contributed by atoms with Gasteiger partial charge in [-0.1, -0.05) is 0 Å². The second-order valence-electron chi connectivity index (χ2n) is 1.68. The predicted octanol–water partition coefficient (Wildman–Crippen LogP) is 0.0725. The van der Waals surface area contributed by atoms with Gasteiger partial charge in [0, 0.05) is 21.6 Å². The van der Waals surface area contributed by atoms with E-state index in [1.54, 1.807) is 0 Å². The zero-order chi connectivity index (χ0) is 4.41. The van der Waals surface area contributed by atoms with E-state index in [1.165, 1.54) is 13.0 Å². The molecule has 1 rings (SSSR count). The van der Waals surface area contributed by atoms with Crippen molar-refractivity contribution in [1.82, 2.24) is 10.4 Å². The minimum atomic E-state index is 0. The van der Waals surface area contributed by atoms with Gasteiger partial charge in [0.25, 0.3) is 0 Å². The molecule has 1 heterocycles. The van der Waals surface area contributed by atoms with Crippen LogP contribution in [-0.4, -0.2) is 25.1 Å². The molecule has 1 aliphatic rings. The van der Waals surface area contributed by atoms with Gasteiger partial charge in [0.2, 0.25) is 0 Å². The lowest BCUT2D eigenvalue weighted by molar-refractivity contribution is 0.316. The summed E-state index contributed by atoms with van der Waals surface area (Å²) in [5.74, 6) is 0. The van der Waals surface area contributed by atoms with E-state index in [0.29, 0.717) is 0 Å². The lowest BCUT2D eigenvalue weighted by atomic mass is 10.5. The molecule has 0 saturated carbocycles. The van der Waals surface area contributed by atoms with E-state index >= 15 is 0 Å². The van der Waals surface area contributed by atoms with Crippen LogP contribution in [0.5, 0.6) is 0 Å². The maximum atomic E-state index is 3.15.